The summed E-state index contributed by atoms with van der Waals surface area (Å²) >= 11 is 0. The van der Waals surface area contributed by atoms with E-state index >= 15 is 0 Å². The fourth-order valence-electron chi connectivity index (χ4n) is 2.80. The second kappa shape index (κ2) is 7.53. The number of carbonyl (C=O) groups is 2. The van der Waals surface area contributed by atoms with E-state index < -0.39 is 15.4 Å². The molecule has 8 heteroatoms. The number of nitrogens with zero attached hydrogens (tertiary/aromatic N) is 1. The number of carbonyl (C=O) groups excluding carboxylic acids is 2. The first kappa shape index (κ1) is 19.4. The Labute approximate surface area is 148 Å². The van der Waals surface area contributed by atoms with Gasteiger partial charge in [0.15, 0.2) is 0 Å². The molecule has 1 aliphatic heterocycles. The van der Waals surface area contributed by atoms with Crippen LogP contribution in [0.3, 0.4) is 0 Å². The number of rotatable bonds is 6. The lowest BCUT2D eigenvalue weighted by Crippen LogP contribution is -2.49. The van der Waals surface area contributed by atoms with Crippen LogP contribution in [0.4, 0.5) is 0 Å². The molecule has 1 saturated heterocycles. The minimum absolute atomic E-state index is 0.0534. The van der Waals surface area contributed by atoms with Gasteiger partial charge in [-0.3, -0.25) is 9.59 Å². The van der Waals surface area contributed by atoms with Crippen molar-refractivity contribution in [1.82, 2.24) is 10.2 Å². The Morgan fingerprint density at radius 1 is 1.16 bits per heavy atom. The Bertz CT molecular complexity index is 736. The molecule has 0 atom stereocenters. The molecule has 0 unspecified atom stereocenters. The zero-order valence-electron chi connectivity index (χ0n) is 14.6. The van der Waals surface area contributed by atoms with Gasteiger partial charge in [-0.1, -0.05) is 12.1 Å². The Kier molecular flexibility index (Phi) is 5.84. The molecule has 0 aliphatic carbocycles. The molecule has 25 heavy (non-hydrogen) atoms. The minimum atomic E-state index is -3.70. The molecule has 0 bridgehead atoms. The van der Waals surface area contributed by atoms with Crippen LogP contribution >= 0.6 is 0 Å². The van der Waals surface area contributed by atoms with Crippen LogP contribution in [-0.4, -0.2) is 44.8 Å². The first-order valence-electron chi connectivity index (χ1n) is 8.32. The number of nitrogens with one attached hydrogen (secondary N) is 1. The number of amides is 2. The normalized spacial score (nSPS) is 15.2. The molecule has 3 N–H and O–H groups in total. The number of likely N-dealkylation sites (tertiary alicyclic amines) is 1. The van der Waals surface area contributed by atoms with Crippen LogP contribution in [0.5, 0.6) is 0 Å². The number of hydrogen-bond donors (Lipinski definition) is 2. The summed E-state index contributed by atoms with van der Waals surface area (Å²) in [5, 5.41) is 7.85. The van der Waals surface area contributed by atoms with Crippen molar-refractivity contribution >= 4 is 21.8 Å². The van der Waals surface area contributed by atoms with E-state index in [1.807, 2.05) is 0 Å². The molecule has 2 amide bonds. The van der Waals surface area contributed by atoms with Crippen molar-refractivity contribution < 1.29 is 18.0 Å². The van der Waals surface area contributed by atoms with Gasteiger partial charge in [-0.05, 0) is 50.8 Å². The summed E-state index contributed by atoms with van der Waals surface area (Å²) in [5.74, 6) is -0.439. The van der Waals surface area contributed by atoms with Gasteiger partial charge in [-0.2, -0.15) is 0 Å². The molecule has 2 rings (SSSR count). The third kappa shape index (κ3) is 4.79. The van der Waals surface area contributed by atoms with Gasteiger partial charge in [0.1, 0.15) is 5.41 Å². The Morgan fingerprint density at radius 2 is 1.72 bits per heavy atom. The van der Waals surface area contributed by atoms with Crippen LogP contribution in [0.2, 0.25) is 0 Å². The van der Waals surface area contributed by atoms with Gasteiger partial charge < -0.3 is 10.2 Å². The van der Waals surface area contributed by atoms with Crippen LogP contribution in [0.1, 0.15) is 32.3 Å². The fourth-order valence-corrected chi connectivity index (χ4v) is 3.32. The lowest BCUT2D eigenvalue weighted by atomic mass is 9.90. The molecule has 138 valence electrons. The van der Waals surface area contributed by atoms with Gasteiger partial charge in [0.2, 0.25) is 21.8 Å². The highest BCUT2D eigenvalue weighted by atomic mass is 32.2. The fraction of sp³-hybridized carbons (Fsp3) is 0.529. The average Bonchev–Trinajstić information content (AvgIpc) is 3.07. The van der Waals surface area contributed by atoms with E-state index in [4.69, 9.17) is 5.14 Å². The lowest BCUT2D eigenvalue weighted by Gasteiger charge is -2.28. The van der Waals surface area contributed by atoms with Crippen molar-refractivity contribution in [3.8, 4) is 0 Å². The van der Waals surface area contributed by atoms with E-state index in [9.17, 15) is 18.0 Å². The largest absolute Gasteiger partial charge is 0.355 e. The van der Waals surface area contributed by atoms with Gasteiger partial charge in [-0.15, -0.1) is 0 Å². The minimum Gasteiger partial charge on any atom is -0.355 e. The third-order valence-corrected chi connectivity index (χ3v) is 5.38. The molecule has 7 nitrogen and oxygen atoms in total. The molecule has 1 aromatic rings. The van der Waals surface area contributed by atoms with Crippen molar-refractivity contribution in [2.45, 2.75) is 38.0 Å². The predicted molar refractivity (Wildman–Crippen MR) is 94.1 cm³/mol. The van der Waals surface area contributed by atoms with Crippen LogP contribution in [0.25, 0.3) is 0 Å². The lowest BCUT2D eigenvalue weighted by molar-refractivity contribution is -0.147. The SMILES string of the molecule is CC(C)(C(=O)NCCc1ccc(S(N)(=O)=O)cc1)C(=O)N1CCCC1. The Hall–Kier alpha value is -1.93. The second-order valence-corrected chi connectivity index (χ2v) is 8.38. The van der Waals surface area contributed by atoms with Crippen LogP contribution in [0, 0.1) is 5.41 Å². The Balaban J connectivity index is 1.88. The molecule has 1 fully saturated rings. The molecule has 1 aliphatic rings. The van der Waals surface area contributed by atoms with E-state index in [1.165, 1.54) is 12.1 Å². The summed E-state index contributed by atoms with van der Waals surface area (Å²) in [4.78, 5) is 26.6. The molecule has 0 saturated carbocycles. The van der Waals surface area contributed by atoms with Crippen molar-refractivity contribution in [2.24, 2.45) is 10.6 Å². The first-order chi connectivity index (χ1) is 11.6. The molecule has 1 heterocycles. The van der Waals surface area contributed by atoms with E-state index in [-0.39, 0.29) is 16.7 Å². The maximum atomic E-state index is 12.5. The molecule has 0 radical (unpaired) electrons. The molecule has 0 aromatic heterocycles. The highest BCUT2D eigenvalue weighted by Gasteiger charge is 2.39. The highest BCUT2D eigenvalue weighted by Crippen LogP contribution is 2.22. The van der Waals surface area contributed by atoms with Crippen molar-refractivity contribution in [3.05, 3.63) is 29.8 Å². The van der Waals surface area contributed by atoms with Crippen LogP contribution < -0.4 is 10.5 Å². The summed E-state index contributed by atoms with van der Waals surface area (Å²) < 4.78 is 22.4. The topological polar surface area (TPSA) is 110 Å². The van der Waals surface area contributed by atoms with E-state index in [1.54, 1.807) is 30.9 Å². The zero-order chi connectivity index (χ0) is 18.7. The van der Waals surface area contributed by atoms with Crippen molar-refractivity contribution in [3.63, 3.8) is 0 Å². The standard InChI is InChI=1S/C17H25N3O4S/c1-17(2,16(22)20-11-3-4-12-20)15(21)19-10-9-13-5-7-14(8-6-13)25(18,23)24/h5-8H,3-4,9-12H2,1-2H3,(H,19,21)(H2,18,23,24). The average molecular weight is 367 g/mol. The second-order valence-electron chi connectivity index (χ2n) is 6.82. The molecular formula is C17H25N3O4S. The van der Waals surface area contributed by atoms with Crippen LogP contribution in [-0.2, 0) is 26.0 Å². The molecular weight excluding hydrogens is 342 g/mol. The van der Waals surface area contributed by atoms with Gasteiger partial charge in [0.05, 0.1) is 4.90 Å². The number of nitrogens with two attached hydrogens (primary N) is 1. The summed E-state index contributed by atoms with van der Waals surface area (Å²) in [6.45, 7) is 5.08. The van der Waals surface area contributed by atoms with Gasteiger partial charge in [-0.25, -0.2) is 13.6 Å². The summed E-state index contributed by atoms with van der Waals surface area (Å²) in [7, 11) is -3.70. The molecule has 1 aromatic carbocycles. The van der Waals surface area contributed by atoms with Crippen molar-refractivity contribution in [1.29, 1.82) is 0 Å². The number of hydrogen-bond acceptors (Lipinski definition) is 4. The monoisotopic (exact) mass is 367 g/mol. The maximum Gasteiger partial charge on any atom is 0.238 e. The molecule has 0 spiro atoms. The number of sulfonamides is 1. The number of primary sulfonamides is 1. The summed E-state index contributed by atoms with van der Waals surface area (Å²) in [6.07, 6.45) is 2.50. The van der Waals surface area contributed by atoms with E-state index in [0.29, 0.717) is 26.1 Å². The van der Waals surface area contributed by atoms with Gasteiger partial charge in [0, 0.05) is 19.6 Å². The Morgan fingerprint density at radius 3 is 2.24 bits per heavy atom. The zero-order valence-corrected chi connectivity index (χ0v) is 15.4. The van der Waals surface area contributed by atoms with E-state index in [0.717, 1.165) is 18.4 Å². The predicted octanol–water partition coefficient (Wildman–Crippen LogP) is 0.641. The first-order valence-corrected chi connectivity index (χ1v) is 9.86. The third-order valence-electron chi connectivity index (χ3n) is 4.45. The smallest absolute Gasteiger partial charge is 0.238 e. The van der Waals surface area contributed by atoms with Gasteiger partial charge in [0.25, 0.3) is 0 Å². The van der Waals surface area contributed by atoms with Crippen LogP contribution in [0.15, 0.2) is 29.2 Å². The highest BCUT2D eigenvalue weighted by molar-refractivity contribution is 7.89. The summed E-state index contributed by atoms with van der Waals surface area (Å²) in [5.41, 5.74) is -0.224. The van der Waals surface area contributed by atoms with E-state index in [2.05, 4.69) is 5.32 Å². The van der Waals surface area contributed by atoms with Gasteiger partial charge >= 0.3 is 0 Å². The number of benzene rings is 1. The van der Waals surface area contributed by atoms with Crippen molar-refractivity contribution in [2.75, 3.05) is 19.6 Å². The quantitative estimate of drug-likeness (QED) is 0.719. The maximum absolute atomic E-state index is 12.5. The summed E-state index contributed by atoms with van der Waals surface area (Å²) in [6, 6.07) is 6.19.